The molecule has 0 N–H and O–H groups in total. The summed E-state index contributed by atoms with van der Waals surface area (Å²) in [5, 5.41) is 0. The minimum absolute atomic E-state index is 0.194. The van der Waals surface area contributed by atoms with Gasteiger partial charge in [-0.05, 0) is 0 Å². The summed E-state index contributed by atoms with van der Waals surface area (Å²) in [7, 11) is 0. The van der Waals surface area contributed by atoms with Crippen molar-refractivity contribution < 1.29 is 4.79 Å². The molecule has 0 aromatic heterocycles. The van der Waals surface area contributed by atoms with E-state index < -0.39 is 0 Å². The van der Waals surface area contributed by atoms with E-state index in [1.165, 1.54) is 77.0 Å². The summed E-state index contributed by atoms with van der Waals surface area (Å²) in [6.45, 7) is 0. The summed E-state index contributed by atoms with van der Waals surface area (Å²) >= 11 is 0.204. The first kappa shape index (κ1) is 14.4. The molecule has 2 heteroatoms. The number of hydrogen-bond donors (Lipinski definition) is 0. The van der Waals surface area contributed by atoms with Crippen LogP contribution in [0.15, 0.2) is 0 Å². The van der Waals surface area contributed by atoms with Crippen molar-refractivity contribution in [2.45, 2.75) is 77.0 Å². The van der Waals surface area contributed by atoms with E-state index in [2.05, 4.69) is 0 Å². The standard InChI is InChI=1S/C17H27O.Sn.3H/c18-13-17(14-7-1-2-8-14,15-9-3-4-10-15)16-11-5-6-12-16;;;;/h14-16H,1-12H2;;;;. The third-order valence-corrected chi connectivity index (χ3v) is 9.17. The Morgan fingerprint density at radius 2 is 0.947 bits per heavy atom. The van der Waals surface area contributed by atoms with Crippen LogP contribution in [0.4, 0.5) is 0 Å². The maximum absolute atomic E-state index is 12.9. The monoisotopic (exact) mass is 370 g/mol. The quantitative estimate of drug-likeness (QED) is 0.694. The van der Waals surface area contributed by atoms with Gasteiger partial charge in [0.05, 0.1) is 0 Å². The summed E-state index contributed by atoms with van der Waals surface area (Å²) in [6, 6.07) is 0. The maximum atomic E-state index is 12.9. The molecule has 0 spiro atoms. The van der Waals surface area contributed by atoms with E-state index >= 15 is 0 Å². The van der Waals surface area contributed by atoms with E-state index in [1.54, 1.807) is 0 Å². The first-order valence-electron chi connectivity index (χ1n) is 8.77. The van der Waals surface area contributed by atoms with Crippen LogP contribution in [0.3, 0.4) is 0 Å². The van der Waals surface area contributed by atoms with Crippen molar-refractivity contribution in [3.8, 4) is 0 Å². The molecule has 0 heterocycles. The molecule has 1 nitrogen and oxygen atoms in total. The summed E-state index contributed by atoms with van der Waals surface area (Å²) in [6.07, 6.45) is 16.6. The molecule has 0 atom stereocenters. The van der Waals surface area contributed by atoms with Crippen molar-refractivity contribution in [1.82, 2.24) is 0 Å². The molecule has 3 aliphatic rings. The first-order valence-corrected chi connectivity index (χ1v) is 11.6. The third kappa shape index (κ3) is 2.42. The van der Waals surface area contributed by atoms with Gasteiger partial charge >= 0.3 is 131 Å². The molecule has 3 aliphatic carbocycles. The molecule has 0 aromatic rings. The Hall–Kier alpha value is 0.469. The Morgan fingerprint density at radius 3 is 1.16 bits per heavy atom. The van der Waals surface area contributed by atoms with Crippen molar-refractivity contribution in [2.75, 3.05) is 0 Å². The number of rotatable bonds is 4. The summed E-state index contributed by atoms with van der Waals surface area (Å²) in [4.78, 5) is 12.9. The van der Waals surface area contributed by atoms with E-state index in [1.807, 2.05) is 0 Å². The molecule has 0 aliphatic heterocycles. The average molecular weight is 369 g/mol. The van der Waals surface area contributed by atoms with Gasteiger partial charge in [-0.15, -0.1) is 0 Å². The van der Waals surface area contributed by atoms with Crippen LogP contribution in [0.1, 0.15) is 77.0 Å². The van der Waals surface area contributed by atoms with Crippen molar-refractivity contribution in [3.63, 3.8) is 0 Å². The molecule has 3 rings (SSSR count). The Labute approximate surface area is 131 Å². The number of carbonyl (C=O) groups is 1. The van der Waals surface area contributed by atoms with Gasteiger partial charge in [-0.25, -0.2) is 0 Å². The van der Waals surface area contributed by atoms with Crippen molar-refractivity contribution >= 4 is 26.3 Å². The molecule has 0 radical (unpaired) electrons. The SMILES string of the molecule is O=[C]([SnH3])C(C1CCCC1)(C1CCCC1)C1CCCC1. The van der Waals surface area contributed by atoms with Gasteiger partial charge in [0.1, 0.15) is 0 Å². The van der Waals surface area contributed by atoms with Crippen LogP contribution in [0.25, 0.3) is 0 Å². The van der Waals surface area contributed by atoms with Gasteiger partial charge in [0.2, 0.25) is 0 Å². The summed E-state index contributed by atoms with van der Waals surface area (Å²) in [5.74, 6) is 2.36. The second-order valence-electron chi connectivity index (χ2n) is 7.43. The van der Waals surface area contributed by atoms with Gasteiger partial charge in [0.15, 0.2) is 0 Å². The van der Waals surface area contributed by atoms with Crippen LogP contribution in [0, 0.1) is 23.2 Å². The zero-order chi connectivity index (χ0) is 13.3. The molecule has 108 valence electrons. The van der Waals surface area contributed by atoms with E-state index in [0.29, 0.717) is 0 Å². The zero-order valence-corrected chi connectivity index (χ0v) is 18.3. The van der Waals surface area contributed by atoms with E-state index in [4.69, 9.17) is 0 Å². The Bertz CT molecular complexity index is 279. The van der Waals surface area contributed by atoms with Crippen LogP contribution in [0.2, 0.25) is 0 Å². The van der Waals surface area contributed by atoms with Crippen LogP contribution in [-0.4, -0.2) is 26.3 Å². The van der Waals surface area contributed by atoms with Gasteiger partial charge in [-0.2, -0.15) is 0 Å². The molecule has 0 unspecified atom stereocenters. The second kappa shape index (κ2) is 6.07. The topological polar surface area (TPSA) is 17.1 Å². The van der Waals surface area contributed by atoms with Gasteiger partial charge in [0.25, 0.3) is 0 Å². The van der Waals surface area contributed by atoms with Crippen LogP contribution in [-0.2, 0) is 4.79 Å². The zero-order valence-electron chi connectivity index (χ0n) is 12.6. The number of hydrogen-bond acceptors (Lipinski definition) is 1. The molecule has 0 aromatic carbocycles. The molecular weight excluding hydrogens is 339 g/mol. The van der Waals surface area contributed by atoms with Gasteiger partial charge in [-0.3, -0.25) is 0 Å². The number of carbonyl (C=O) groups excluding carboxylic acids is 1. The molecule has 0 bridgehead atoms. The van der Waals surface area contributed by atoms with Crippen molar-refractivity contribution in [3.05, 3.63) is 0 Å². The predicted molar refractivity (Wildman–Crippen MR) is 83.3 cm³/mol. The van der Waals surface area contributed by atoms with Gasteiger partial charge in [0, 0.05) is 0 Å². The fraction of sp³-hybridized carbons (Fsp3) is 0.941. The second-order valence-corrected chi connectivity index (χ2v) is 10.0. The summed E-state index contributed by atoms with van der Waals surface area (Å²) < 4.78 is 0.778. The fourth-order valence-electron chi connectivity index (χ4n) is 6.07. The van der Waals surface area contributed by atoms with Crippen LogP contribution >= 0.6 is 0 Å². The molecule has 3 fully saturated rings. The van der Waals surface area contributed by atoms with Gasteiger partial charge < -0.3 is 0 Å². The normalized spacial score (nSPS) is 27.6. The molecule has 19 heavy (non-hydrogen) atoms. The molecule has 0 saturated heterocycles. The Morgan fingerprint density at radius 1 is 0.684 bits per heavy atom. The van der Waals surface area contributed by atoms with Crippen molar-refractivity contribution in [2.24, 2.45) is 23.2 Å². The minimum atomic E-state index is 0.194. The first-order chi connectivity index (χ1) is 9.26. The van der Waals surface area contributed by atoms with E-state index in [-0.39, 0.29) is 27.9 Å². The Balaban J connectivity index is 1.96. The predicted octanol–water partition coefficient (Wildman–Crippen LogP) is 3.44. The van der Waals surface area contributed by atoms with Crippen molar-refractivity contribution in [1.29, 1.82) is 0 Å². The average Bonchev–Trinajstić information content (AvgIpc) is 3.15. The third-order valence-electron chi connectivity index (χ3n) is 6.70. The summed E-state index contributed by atoms with van der Waals surface area (Å²) in [5.41, 5.74) is 0.194. The fourth-order valence-corrected chi connectivity index (χ4v) is 9.57. The molecule has 3 saturated carbocycles. The van der Waals surface area contributed by atoms with E-state index in [0.717, 1.165) is 21.6 Å². The van der Waals surface area contributed by atoms with Crippen LogP contribution in [0.5, 0.6) is 0 Å². The molecular formula is C17H30OSn. The van der Waals surface area contributed by atoms with Crippen LogP contribution < -0.4 is 0 Å². The molecule has 0 amide bonds. The van der Waals surface area contributed by atoms with E-state index in [9.17, 15) is 4.79 Å². The van der Waals surface area contributed by atoms with Gasteiger partial charge in [-0.1, -0.05) is 0 Å². The Kier molecular flexibility index (Phi) is 4.60.